The lowest BCUT2D eigenvalue weighted by atomic mass is 9.96. The van der Waals surface area contributed by atoms with Gasteiger partial charge in [-0.1, -0.05) is 49.0 Å². The predicted molar refractivity (Wildman–Crippen MR) is 111 cm³/mol. The maximum atomic E-state index is 12.6. The summed E-state index contributed by atoms with van der Waals surface area (Å²) >= 11 is 1.40. The van der Waals surface area contributed by atoms with Crippen molar-refractivity contribution in [3.63, 3.8) is 0 Å². The van der Waals surface area contributed by atoms with Crippen LogP contribution in [0.5, 0.6) is 0 Å². The zero-order valence-electron chi connectivity index (χ0n) is 16.7. The van der Waals surface area contributed by atoms with Crippen molar-refractivity contribution < 1.29 is 9.21 Å². The molecular formula is C21H26N4O2S. The second-order valence-electron chi connectivity index (χ2n) is 6.78. The Bertz CT molecular complexity index is 920. The Morgan fingerprint density at radius 2 is 2.00 bits per heavy atom. The second-order valence-corrected chi connectivity index (χ2v) is 8.08. The average Bonchev–Trinajstić information content (AvgIpc) is 3.28. The van der Waals surface area contributed by atoms with Crippen LogP contribution in [0, 0.1) is 6.92 Å². The molecule has 1 aromatic carbocycles. The Kier molecular flexibility index (Phi) is 6.57. The first kappa shape index (κ1) is 20.2. The van der Waals surface area contributed by atoms with Crippen LogP contribution >= 0.6 is 11.8 Å². The van der Waals surface area contributed by atoms with Crippen LogP contribution in [0.3, 0.4) is 0 Å². The van der Waals surface area contributed by atoms with E-state index in [0.29, 0.717) is 17.6 Å². The molecular weight excluding hydrogens is 372 g/mol. The summed E-state index contributed by atoms with van der Waals surface area (Å²) in [7, 11) is 1.90. The molecule has 2 aromatic heterocycles. The van der Waals surface area contributed by atoms with Gasteiger partial charge in [-0.2, -0.15) is 0 Å². The van der Waals surface area contributed by atoms with Crippen molar-refractivity contribution >= 4 is 17.7 Å². The van der Waals surface area contributed by atoms with Crippen molar-refractivity contribution in [2.45, 2.75) is 43.5 Å². The van der Waals surface area contributed by atoms with Gasteiger partial charge in [-0.15, -0.1) is 10.2 Å². The number of thioether (sulfide) groups is 1. The summed E-state index contributed by atoms with van der Waals surface area (Å²) in [5, 5.41) is 12.0. The molecule has 0 bridgehead atoms. The van der Waals surface area contributed by atoms with Crippen LogP contribution in [-0.2, 0) is 11.8 Å². The van der Waals surface area contributed by atoms with Crippen molar-refractivity contribution in [3.8, 4) is 11.4 Å². The highest BCUT2D eigenvalue weighted by Crippen LogP contribution is 2.28. The van der Waals surface area contributed by atoms with E-state index in [1.165, 1.54) is 17.3 Å². The van der Waals surface area contributed by atoms with Crippen LogP contribution in [0.2, 0.25) is 0 Å². The quantitative estimate of drug-likeness (QED) is 0.577. The molecule has 6 nitrogen and oxygen atoms in total. The lowest BCUT2D eigenvalue weighted by molar-refractivity contribution is -0.120. The summed E-state index contributed by atoms with van der Waals surface area (Å²) in [6, 6.07) is 12.2. The highest BCUT2D eigenvalue weighted by Gasteiger charge is 2.21. The molecule has 28 heavy (non-hydrogen) atoms. The molecule has 3 aromatic rings. The number of hydrogen-bond donors (Lipinski definition) is 1. The summed E-state index contributed by atoms with van der Waals surface area (Å²) in [5.41, 5.74) is 2.16. The van der Waals surface area contributed by atoms with Crippen LogP contribution in [0.25, 0.3) is 11.4 Å². The Labute approximate surface area is 169 Å². The molecule has 0 aliphatic carbocycles. The number of rotatable bonds is 8. The minimum atomic E-state index is -0.269. The number of carbonyl (C=O) groups excluding carboxylic acids is 1. The molecule has 148 valence electrons. The maximum absolute atomic E-state index is 12.6. The highest BCUT2D eigenvalue weighted by atomic mass is 32.2. The number of nitrogens with one attached hydrogen (secondary N) is 1. The zero-order valence-corrected chi connectivity index (χ0v) is 17.5. The van der Waals surface area contributed by atoms with E-state index in [4.69, 9.17) is 4.42 Å². The van der Waals surface area contributed by atoms with Crippen molar-refractivity contribution in [1.29, 1.82) is 0 Å². The van der Waals surface area contributed by atoms with Crippen molar-refractivity contribution in [3.05, 3.63) is 54.0 Å². The van der Waals surface area contributed by atoms with Gasteiger partial charge < -0.3 is 14.3 Å². The van der Waals surface area contributed by atoms with E-state index < -0.39 is 0 Å². The lowest BCUT2D eigenvalue weighted by Crippen LogP contribution is -2.34. The van der Waals surface area contributed by atoms with Gasteiger partial charge in [-0.05, 0) is 31.9 Å². The smallest absolute Gasteiger partial charge is 0.233 e. The Morgan fingerprint density at radius 3 is 2.64 bits per heavy atom. The average molecular weight is 399 g/mol. The summed E-state index contributed by atoms with van der Waals surface area (Å²) in [4.78, 5) is 12.6. The van der Waals surface area contributed by atoms with Crippen LogP contribution in [0.15, 0.2) is 52.2 Å². The number of aromatic nitrogens is 3. The van der Waals surface area contributed by atoms with E-state index in [0.717, 1.165) is 23.6 Å². The third kappa shape index (κ3) is 4.47. The van der Waals surface area contributed by atoms with Crippen LogP contribution in [-0.4, -0.2) is 32.5 Å². The van der Waals surface area contributed by atoms with E-state index in [2.05, 4.69) is 34.6 Å². The van der Waals surface area contributed by atoms with Gasteiger partial charge in [-0.25, -0.2) is 0 Å². The molecule has 0 saturated heterocycles. The first-order chi connectivity index (χ1) is 13.5. The fourth-order valence-electron chi connectivity index (χ4n) is 3.07. The lowest BCUT2D eigenvalue weighted by Gasteiger charge is -2.18. The Balaban J connectivity index is 1.60. The van der Waals surface area contributed by atoms with Crippen LogP contribution < -0.4 is 5.32 Å². The minimum Gasteiger partial charge on any atom is -0.469 e. The van der Waals surface area contributed by atoms with Crippen LogP contribution in [0.4, 0.5) is 0 Å². The minimum absolute atomic E-state index is 0.00317. The van der Waals surface area contributed by atoms with Gasteiger partial charge in [-0.3, -0.25) is 4.79 Å². The van der Waals surface area contributed by atoms with Gasteiger partial charge in [0.25, 0.3) is 0 Å². The molecule has 0 fully saturated rings. The fraction of sp³-hybridized carbons (Fsp3) is 0.381. The molecule has 1 N–H and O–H groups in total. The molecule has 0 spiro atoms. The molecule has 7 heteroatoms. The molecule has 0 unspecified atom stereocenters. The first-order valence-corrected chi connectivity index (χ1v) is 10.3. The second kappa shape index (κ2) is 9.10. The van der Waals surface area contributed by atoms with Crippen molar-refractivity contribution in [2.24, 2.45) is 7.05 Å². The Hall–Kier alpha value is -2.54. The topological polar surface area (TPSA) is 73.0 Å². The normalized spacial score (nSPS) is 13.3. The molecule has 0 aliphatic heterocycles. The zero-order chi connectivity index (χ0) is 20.1. The Morgan fingerprint density at radius 1 is 1.25 bits per heavy atom. The summed E-state index contributed by atoms with van der Waals surface area (Å²) < 4.78 is 7.25. The van der Waals surface area contributed by atoms with E-state index in [9.17, 15) is 4.79 Å². The molecule has 2 atom stereocenters. The van der Waals surface area contributed by atoms with Gasteiger partial charge in [0.05, 0.1) is 17.1 Å². The molecule has 2 heterocycles. The molecule has 0 radical (unpaired) electrons. The predicted octanol–water partition coefficient (Wildman–Crippen LogP) is 4.17. The third-order valence-electron chi connectivity index (χ3n) is 4.87. The standard InChI is InChI=1S/C21H26N4O2S/c1-5-16(17-9-7-6-8-10-17)13-22-20(26)15(3)28-21-24-23-19(25(21)4)18-11-12-27-14(18)2/h6-12,15-16H,5,13H2,1-4H3,(H,22,26)/t15-,16-/m1/s1. The molecule has 1 amide bonds. The van der Waals surface area contributed by atoms with E-state index >= 15 is 0 Å². The number of furan rings is 1. The number of amides is 1. The maximum Gasteiger partial charge on any atom is 0.233 e. The summed E-state index contributed by atoms with van der Waals surface area (Å²) in [6.45, 7) is 6.55. The third-order valence-corrected chi connectivity index (χ3v) is 6.01. The van der Waals surface area contributed by atoms with E-state index in [1.807, 2.05) is 49.7 Å². The number of aryl methyl sites for hydroxylation is 1. The van der Waals surface area contributed by atoms with E-state index in [-0.39, 0.29) is 11.2 Å². The van der Waals surface area contributed by atoms with Crippen LogP contribution in [0.1, 0.15) is 37.5 Å². The van der Waals surface area contributed by atoms with Gasteiger partial charge in [0, 0.05) is 19.5 Å². The van der Waals surface area contributed by atoms with E-state index in [1.54, 1.807) is 6.26 Å². The monoisotopic (exact) mass is 398 g/mol. The van der Waals surface area contributed by atoms with Gasteiger partial charge in [0.2, 0.25) is 5.91 Å². The highest BCUT2D eigenvalue weighted by molar-refractivity contribution is 8.00. The van der Waals surface area contributed by atoms with Gasteiger partial charge in [0.15, 0.2) is 11.0 Å². The van der Waals surface area contributed by atoms with Crippen molar-refractivity contribution in [1.82, 2.24) is 20.1 Å². The molecule has 0 saturated carbocycles. The number of carbonyl (C=O) groups is 1. The summed E-state index contributed by atoms with van der Waals surface area (Å²) in [5.74, 6) is 1.84. The number of nitrogens with zero attached hydrogens (tertiary/aromatic N) is 3. The first-order valence-electron chi connectivity index (χ1n) is 9.44. The van der Waals surface area contributed by atoms with Crippen molar-refractivity contribution in [2.75, 3.05) is 6.54 Å². The fourth-order valence-corrected chi connectivity index (χ4v) is 3.91. The number of hydrogen-bond acceptors (Lipinski definition) is 5. The largest absolute Gasteiger partial charge is 0.469 e. The SMILES string of the molecule is CC[C@H](CNC(=O)[C@@H](C)Sc1nnc(-c2ccoc2C)n1C)c1ccccc1. The molecule has 3 rings (SSSR count). The molecule has 0 aliphatic rings. The van der Waals surface area contributed by atoms with Gasteiger partial charge >= 0.3 is 0 Å². The number of benzene rings is 1. The summed E-state index contributed by atoms with van der Waals surface area (Å²) in [6.07, 6.45) is 2.61. The van der Waals surface area contributed by atoms with Gasteiger partial charge in [0.1, 0.15) is 5.76 Å².